The number of hydrogen-bond donors (Lipinski definition) is 1. The summed E-state index contributed by atoms with van der Waals surface area (Å²) in [5, 5.41) is 3.90. The van der Waals surface area contributed by atoms with Crippen molar-refractivity contribution in [2.45, 2.75) is 40.2 Å². The van der Waals surface area contributed by atoms with E-state index in [1.807, 2.05) is 86.8 Å². The molecule has 0 amide bonds. The Morgan fingerprint density at radius 3 is 2.45 bits per heavy atom. The summed E-state index contributed by atoms with van der Waals surface area (Å²) in [6.45, 7) is 18.9. The first-order valence-electron chi connectivity index (χ1n) is 13.4. The minimum absolute atomic E-state index is 0.411. The van der Waals surface area contributed by atoms with Crippen LogP contribution in [0.4, 0.5) is 5.69 Å². The molecule has 0 fully saturated rings. The summed E-state index contributed by atoms with van der Waals surface area (Å²) in [7, 11) is 1.94. The zero-order valence-corrected chi connectivity index (χ0v) is 25.1. The number of pyridine rings is 1. The summed E-state index contributed by atoms with van der Waals surface area (Å²) >= 11 is 6.22. The van der Waals surface area contributed by atoms with Crippen LogP contribution in [-0.2, 0) is 13.0 Å². The predicted octanol–water partition coefficient (Wildman–Crippen LogP) is 8.87. The molecule has 3 aromatic rings. The molecule has 0 aliphatic rings. The van der Waals surface area contributed by atoms with Crippen LogP contribution in [0.25, 0.3) is 11.1 Å². The third kappa shape index (κ3) is 12.8. The van der Waals surface area contributed by atoms with Gasteiger partial charge in [0.1, 0.15) is 12.4 Å². The molecule has 6 heteroatoms. The van der Waals surface area contributed by atoms with Crippen molar-refractivity contribution in [3.63, 3.8) is 0 Å². The number of allylic oxidation sites excluding steroid dienone is 3. The van der Waals surface area contributed by atoms with Gasteiger partial charge in [-0.05, 0) is 99.5 Å². The van der Waals surface area contributed by atoms with Gasteiger partial charge in [-0.3, -0.25) is 15.0 Å². The van der Waals surface area contributed by atoms with Gasteiger partial charge in [0.2, 0.25) is 0 Å². The molecule has 212 valence electrons. The molecule has 2 aromatic carbocycles. The van der Waals surface area contributed by atoms with E-state index in [0.717, 1.165) is 57.4 Å². The van der Waals surface area contributed by atoms with E-state index in [2.05, 4.69) is 54.1 Å². The second-order valence-electron chi connectivity index (χ2n) is 8.66. The van der Waals surface area contributed by atoms with Crippen LogP contribution in [-0.4, -0.2) is 38.6 Å². The SMILES string of the molecule is C=C/C(=C\C=C/C)CN=C.C=Nc1ccc(OCc2ccccn2)cc1-c1ccc(Cl)cc1CCNC.CCC. The second kappa shape index (κ2) is 21.1. The lowest BCUT2D eigenvalue weighted by molar-refractivity contribution is 0.301. The van der Waals surface area contributed by atoms with E-state index in [4.69, 9.17) is 16.3 Å². The van der Waals surface area contributed by atoms with Crippen molar-refractivity contribution in [2.75, 3.05) is 20.1 Å². The lowest BCUT2D eigenvalue weighted by Gasteiger charge is -2.14. The highest BCUT2D eigenvalue weighted by molar-refractivity contribution is 6.30. The Balaban J connectivity index is 0.000000517. The predicted molar refractivity (Wildman–Crippen MR) is 176 cm³/mol. The third-order valence-electron chi connectivity index (χ3n) is 5.31. The molecular formula is C34H43ClN4O. The molecule has 1 aromatic heterocycles. The molecule has 0 saturated carbocycles. The smallest absolute Gasteiger partial charge is 0.130 e. The fraction of sp³-hybridized carbons (Fsp3) is 0.265. The fourth-order valence-electron chi connectivity index (χ4n) is 3.43. The summed E-state index contributed by atoms with van der Waals surface area (Å²) in [4.78, 5) is 12.2. The van der Waals surface area contributed by atoms with E-state index >= 15 is 0 Å². The number of benzene rings is 2. The summed E-state index contributed by atoms with van der Waals surface area (Å²) in [5.41, 5.74) is 6.00. The largest absolute Gasteiger partial charge is 0.487 e. The number of ether oxygens (including phenoxy) is 1. The summed E-state index contributed by atoms with van der Waals surface area (Å²) in [6.07, 6.45) is 11.6. The first-order valence-corrected chi connectivity index (χ1v) is 13.8. The zero-order valence-electron chi connectivity index (χ0n) is 24.4. The Morgan fingerprint density at radius 1 is 1.07 bits per heavy atom. The van der Waals surface area contributed by atoms with Crippen LogP contribution in [0.1, 0.15) is 38.4 Å². The van der Waals surface area contributed by atoms with Crippen LogP contribution in [0, 0.1) is 0 Å². The number of halogens is 1. The lowest BCUT2D eigenvalue weighted by Crippen LogP contribution is -2.11. The number of rotatable bonds is 12. The van der Waals surface area contributed by atoms with Crippen LogP contribution >= 0.6 is 11.6 Å². The molecule has 0 unspecified atom stereocenters. The van der Waals surface area contributed by atoms with Crippen molar-refractivity contribution >= 4 is 30.7 Å². The fourth-order valence-corrected chi connectivity index (χ4v) is 3.62. The molecule has 3 rings (SSSR count). The van der Waals surface area contributed by atoms with Gasteiger partial charge in [0.15, 0.2) is 0 Å². The average molecular weight is 559 g/mol. The van der Waals surface area contributed by atoms with Gasteiger partial charge in [-0.25, -0.2) is 0 Å². The maximum absolute atomic E-state index is 6.22. The molecule has 0 radical (unpaired) electrons. The normalized spacial score (nSPS) is 10.6. The molecule has 0 saturated heterocycles. The van der Waals surface area contributed by atoms with Crippen molar-refractivity contribution in [3.05, 3.63) is 114 Å². The lowest BCUT2D eigenvalue weighted by atomic mass is 9.96. The van der Waals surface area contributed by atoms with E-state index in [-0.39, 0.29) is 0 Å². The molecule has 0 aliphatic carbocycles. The third-order valence-corrected chi connectivity index (χ3v) is 5.55. The molecular weight excluding hydrogens is 516 g/mol. The van der Waals surface area contributed by atoms with Gasteiger partial charge in [0.05, 0.1) is 17.9 Å². The van der Waals surface area contributed by atoms with Crippen LogP contribution < -0.4 is 10.1 Å². The highest BCUT2D eigenvalue weighted by Gasteiger charge is 2.12. The number of aliphatic imine (C=N–C) groups is 2. The Morgan fingerprint density at radius 2 is 1.85 bits per heavy atom. The first-order chi connectivity index (χ1) is 19.5. The molecule has 40 heavy (non-hydrogen) atoms. The molecule has 0 atom stereocenters. The van der Waals surface area contributed by atoms with Gasteiger partial charge in [-0.15, -0.1) is 0 Å². The molecule has 0 aliphatic heterocycles. The maximum atomic E-state index is 6.22. The van der Waals surface area contributed by atoms with E-state index in [1.54, 1.807) is 12.3 Å². The van der Waals surface area contributed by atoms with Gasteiger partial charge in [0.25, 0.3) is 0 Å². The van der Waals surface area contributed by atoms with Gasteiger partial charge in [0, 0.05) is 16.8 Å². The van der Waals surface area contributed by atoms with E-state index in [0.29, 0.717) is 13.2 Å². The number of nitrogens with zero attached hydrogens (tertiary/aromatic N) is 3. The zero-order chi connectivity index (χ0) is 29.6. The minimum atomic E-state index is 0.411. The highest BCUT2D eigenvalue weighted by Crippen LogP contribution is 2.36. The Bertz CT molecular complexity index is 1240. The number of aromatic nitrogens is 1. The van der Waals surface area contributed by atoms with Crippen molar-refractivity contribution in [2.24, 2.45) is 9.98 Å². The van der Waals surface area contributed by atoms with Gasteiger partial charge < -0.3 is 10.1 Å². The Hall–Kier alpha value is -3.80. The molecule has 1 N–H and O–H groups in total. The first kappa shape index (κ1) is 34.2. The molecule has 0 spiro atoms. The van der Waals surface area contributed by atoms with Crippen LogP contribution in [0.15, 0.2) is 107 Å². The van der Waals surface area contributed by atoms with Crippen LogP contribution in [0.5, 0.6) is 5.75 Å². The van der Waals surface area contributed by atoms with E-state index in [9.17, 15) is 0 Å². The van der Waals surface area contributed by atoms with Crippen molar-refractivity contribution < 1.29 is 4.74 Å². The maximum Gasteiger partial charge on any atom is 0.130 e. The quantitative estimate of drug-likeness (QED) is 0.178. The van der Waals surface area contributed by atoms with E-state index < -0.39 is 0 Å². The number of nitrogens with one attached hydrogen (secondary N) is 1. The summed E-state index contributed by atoms with van der Waals surface area (Å²) in [5.74, 6) is 0.762. The molecule has 5 nitrogen and oxygen atoms in total. The number of likely N-dealkylation sites (N-methyl/N-ethyl adjacent to an activating group) is 1. The minimum Gasteiger partial charge on any atom is -0.487 e. The van der Waals surface area contributed by atoms with Gasteiger partial charge in [-0.2, -0.15) is 0 Å². The standard InChI is InChI=1S/C22H22ClN3O.C9H13N.C3H8/c1-24-12-10-16-13-17(23)6-8-20(16)21-14-19(7-9-22(21)25-2)27-15-18-5-3-4-11-26-18;1-4-6-7-9(5-2)8-10-3;1-3-2/h3-9,11,13-14,24H,2,10,12,15H2,1H3;4-7H,2-3,8H2,1H3;3H2,1-2H3/b;6-4-,9-7+;. The van der Waals surface area contributed by atoms with Crippen molar-refractivity contribution in [1.29, 1.82) is 0 Å². The highest BCUT2D eigenvalue weighted by atomic mass is 35.5. The average Bonchev–Trinajstić information content (AvgIpc) is 2.98. The second-order valence-corrected chi connectivity index (χ2v) is 9.10. The number of hydrogen-bond acceptors (Lipinski definition) is 5. The van der Waals surface area contributed by atoms with Crippen LogP contribution in [0.2, 0.25) is 5.02 Å². The topological polar surface area (TPSA) is 58.9 Å². The monoisotopic (exact) mass is 558 g/mol. The van der Waals surface area contributed by atoms with Crippen molar-refractivity contribution in [1.82, 2.24) is 10.3 Å². The van der Waals surface area contributed by atoms with Gasteiger partial charge >= 0.3 is 0 Å². The van der Waals surface area contributed by atoms with Crippen LogP contribution in [0.3, 0.4) is 0 Å². The Labute approximate surface area is 246 Å². The summed E-state index contributed by atoms with van der Waals surface area (Å²) < 4.78 is 5.94. The summed E-state index contributed by atoms with van der Waals surface area (Å²) in [6, 6.07) is 17.5. The molecule has 0 bridgehead atoms. The molecule has 1 heterocycles. The Kier molecular flexibility index (Phi) is 18.0. The van der Waals surface area contributed by atoms with Crippen molar-refractivity contribution in [3.8, 4) is 16.9 Å². The van der Waals surface area contributed by atoms with Gasteiger partial charge in [-0.1, -0.05) is 74.9 Å². The van der Waals surface area contributed by atoms with E-state index in [1.165, 1.54) is 6.42 Å².